The SMILES string of the molecule is CC(C1CC1)N(C(=O)CCc1nc(-c2ccc(Cl)cc2)no1)C1CC1. The summed E-state index contributed by atoms with van der Waals surface area (Å²) in [7, 11) is 0. The molecule has 5 nitrogen and oxygen atoms in total. The van der Waals surface area contributed by atoms with Crippen LogP contribution in [0.3, 0.4) is 0 Å². The number of nitrogens with zero attached hydrogens (tertiary/aromatic N) is 3. The molecule has 132 valence electrons. The Hall–Kier alpha value is -1.88. The first-order valence-corrected chi connectivity index (χ1v) is 9.39. The lowest BCUT2D eigenvalue weighted by molar-refractivity contribution is -0.134. The van der Waals surface area contributed by atoms with Gasteiger partial charge in [0.1, 0.15) is 0 Å². The Bertz CT molecular complexity index is 750. The fourth-order valence-corrected chi connectivity index (χ4v) is 3.46. The summed E-state index contributed by atoms with van der Waals surface area (Å²) >= 11 is 5.89. The first kappa shape index (κ1) is 16.6. The molecule has 1 amide bonds. The van der Waals surface area contributed by atoms with E-state index in [2.05, 4.69) is 22.0 Å². The predicted molar refractivity (Wildman–Crippen MR) is 95.1 cm³/mol. The van der Waals surface area contributed by atoms with Crippen molar-refractivity contribution < 1.29 is 9.32 Å². The quantitative estimate of drug-likeness (QED) is 0.746. The van der Waals surface area contributed by atoms with Gasteiger partial charge in [0, 0.05) is 35.5 Å². The number of carbonyl (C=O) groups excluding carboxylic acids is 1. The molecule has 2 fully saturated rings. The summed E-state index contributed by atoms with van der Waals surface area (Å²) in [5, 5.41) is 4.68. The molecule has 0 saturated heterocycles. The zero-order chi connectivity index (χ0) is 17.4. The Labute approximate surface area is 152 Å². The Morgan fingerprint density at radius 1 is 1.28 bits per heavy atom. The minimum Gasteiger partial charge on any atom is -0.339 e. The van der Waals surface area contributed by atoms with E-state index in [9.17, 15) is 4.79 Å². The normalized spacial score (nSPS) is 18.2. The molecule has 0 radical (unpaired) electrons. The Kier molecular flexibility index (Phi) is 4.50. The topological polar surface area (TPSA) is 59.2 Å². The molecule has 0 bridgehead atoms. The van der Waals surface area contributed by atoms with Gasteiger partial charge in [0.15, 0.2) is 0 Å². The molecule has 0 aliphatic heterocycles. The van der Waals surface area contributed by atoms with Crippen LogP contribution in [0.25, 0.3) is 11.4 Å². The largest absolute Gasteiger partial charge is 0.339 e. The lowest BCUT2D eigenvalue weighted by Gasteiger charge is -2.29. The highest BCUT2D eigenvalue weighted by Gasteiger charge is 2.41. The number of carbonyl (C=O) groups is 1. The van der Waals surface area contributed by atoms with Crippen LogP contribution in [0.5, 0.6) is 0 Å². The van der Waals surface area contributed by atoms with E-state index >= 15 is 0 Å². The fraction of sp³-hybridized carbons (Fsp3) is 0.526. The van der Waals surface area contributed by atoms with Crippen molar-refractivity contribution in [1.82, 2.24) is 15.0 Å². The number of hydrogen-bond acceptors (Lipinski definition) is 4. The number of aryl methyl sites for hydroxylation is 1. The van der Waals surface area contributed by atoms with E-state index in [4.69, 9.17) is 16.1 Å². The fourth-order valence-electron chi connectivity index (χ4n) is 3.34. The van der Waals surface area contributed by atoms with E-state index in [1.54, 1.807) is 12.1 Å². The molecule has 0 spiro atoms. The lowest BCUT2D eigenvalue weighted by Crippen LogP contribution is -2.41. The molecular weight excluding hydrogens is 338 g/mol. The monoisotopic (exact) mass is 359 g/mol. The minimum atomic E-state index is 0.216. The van der Waals surface area contributed by atoms with Gasteiger partial charge in [-0.15, -0.1) is 0 Å². The van der Waals surface area contributed by atoms with Crippen LogP contribution in [-0.4, -0.2) is 33.0 Å². The van der Waals surface area contributed by atoms with Crippen LogP contribution < -0.4 is 0 Å². The highest BCUT2D eigenvalue weighted by molar-refractivity contribution is 6.30. The molecule has 2 aliphatic carbocycles. The smallest absolute Gasteiger partial charge is 0.227 e. The summed E-state index contributed by atoms with van der Waals surface area (Å²) in [5.74, 6) is 1.95. The number of rotatable bonds is 7. The first-order chi connectivity index (χ1) is 12.1. The molecule has 6 heteroatoms. The highest BCUT2D eigenvalue weighted by atomic mass is 35.5. The highest BCUT2D eigenvalue weighted by Crippen LogP contribution is 2.40. The van der Waals surface area contributed by atoms with Crippen LogP contribution in [-0.2, 0) is 11.2 Å². The average molecular weight is 360 g/mol. The van der Waals surface area contributed by atoms with Crippen molar-refractivity contribution >= 4 is 17.5 Å². The second-order valence-electron chi connectivity index (χ2n) is 7.13. The summed E-state index contributed by atoms with van der Waals surface area (Å²) in [6, 6.07) is 8.12. The van der Waals surface area contributed by atoms with Gasteiger partial charge in [-0.05, 0) is 62.8 Å². The summed E-state index contributed by atoms with van der Waals surface area (Å²) in [4.78, 5) is 19.2. The van der Waals surface area contributed by atoms with E-state index in [0.717, 1.165) is 18.4 Å². The Balaban J connectivity index is 1.37. The van der Waals surface area contributed by atoms with E-state index in [1.807, 2.05) is 12.1 Å². The minimum absolute atomic E-state index is 0.216. The number of aromatic nitrogens is 2. The molecule has 1 aromatic heterocycles. The zero-order valence-electron chi connectivity index (χ0n) is 14.3. The van der Waals surface area contributed by atoms with Gasteiger partial charge < -0.3 is 9.42 Å². The third-order valence-corrected chi connectivity index (χ3v) is 5.35. The van der Waals surface area contributed by atoms with Crippen molar-refractivity contribution in [3.63, 3.8) is 0 Å². The number of benzene rings is 1. The van der Waals surface area contributed by atoms with Crippen molar-refractivity contribution in [1.29, 1.82) is 0 Å². The third-order valence-electron chi connectivity index (χ3n) is 5.09. The summed E-state index contributed by atoms with van der Waals surface area (Å²) in [5.41, 5.74) is 0.854. The molecule has 1 atom stereocenters. The number of halogens is 1. The Morgan fingerprint density at radius 3 is 2.64 bits per heavy atom. The Morgan fingerprint density at radius 2 is 2.00 bits per heavy atom. The van der Waals surface area contributed by atoms with Crippen LogP contribution in [0.15, 0.2) is 28.8 Å². The maximum absolute atomic E-state index is 12.7. The van der Waals surface area contributed by atoms with Crippen LogP contribution >= 0.6 is 11.6 Å². The van der Waals surface area contributed by atoms with Gasteiger partial charge in [0.25, 0.3) is 0 Å². The molecule has 0 N–H and O–H groups in total. The standard InChI is InChI=1S/C19H22ClN3O2/c1-12(13-2-3-13)23(16-8-9-16)18(24)11-10-17-21-19(22-25-17)14-4-6-15(20)7-5-14/h4-7,12-13,16H,2-3,8-11H2,1H3. The summed E-state index contributed by atoms with van der Waals surface area (Å²) in [6.07, 6.45) is 5.71. The molecule has 1 unspecified atom stereocenters. The van der Waals surface area contributed by atoms with Crippen LogP contribution in [0.1, 0.15) is 44.9 Å². The van der Waals surface area contributed by atoms with E-state index in [1.165, 1.54) is 12.8 Å². The van der Waals surface area contributed by atoms with Crippen molar-refractivity contribution in [2.75, 3.05) is 0 Å². The van der Waals surface area contributed by atoms with Crippen LogP contribution in [0.2, 0.25) is 5.02 Å². The van der Waals surface area contributed by atoms with Crippen LogP contribution in [0.4, 0.5) is 0 Å². The van der Waals surface area contributed by atoms with E-state index in [-0.39, 0.29) is 5.91 Å². The number of amides is 1. The van der Waals surface area contributed by atoms with Crippen LogP contribution in [0, 0.1) is 5.92 Å². The molecule has 1 heterocycles. The predicted octanol–water partition coefficient (Wildman–Crippen LogP) is 4.11. The summed E-state index contributed by atoms with van der Waals surface area (Å²) in [6.45, 7) is 2.19. The maximum Gasteiger partial charge on any atom is 0.227 e. The third kappa shape index (κ3) is 3.87. The molecule has 2 aromatic rings. The van der Waals surface area contributed by atoms with Crippen molar-refractivity contribution in [2.24, 2.45) is 5.92 Å². The van der Waals surface area contributed by atoms with Gasteiger partial charge in [-0.2, -0.15) is 4.98 Å². The zero-order valence-corrected chi connectivity index (χ0v) is 15.1. The maximum atomic E-state index is 12.7. The molecular formula is C19H22ClN3O2. The molecule has 1 aromatic carbocycles. The second-order valence-corrected chi connectivity index (χ2v) is 7.57. The first-order valence-electron chi connectivity index (χ1n) is 9.01. The lowest BCUT2D eigenvalue weighted by atomic mass is 10.1. The molecule has 2 aliphatic rings. The van der Waals surface area contributed by atoms with Gasteiger partial charge in [-0.3, -0.25) is 4.79 Å². The van der Waals surface area contributed by atoms with Gasteiger partial charge in [-0.25, -0.2) is 0 Å². The summed E-state index contributed by atoms with van der Waals surface area (Å²) < 4.78 is 5.31. The molecule has 2 saturated carbocycles. The van der Waals surface area contributed by atoms with Crippen molar-refractivity contribution in [3.05, 3.63) is 35.2 Å². The van der Waals surface area contributed by atoms with Gasteiger partial charge in [-0.1, -0.05) is 16.8 Å². The molecule has 25 heavy (non-hydrogen) atoms. The van der Waals surface area contributed by atoms with Gasteiger partial charge in [0.05, 0.1) is 0 Å². The van der Waals surface area contributed by atoms with E-state index in [0.29, 0.717) is 47.6 Å². The second kappa shape index (κ2) is 6.79. The number of hydrogen-bond donors (Lipinski definition) is 0. The average Bonchev–Trinajstić information content (AvgIpc) is 3.53. The van der Waals surface area contributed by atoms with Crippen molar-refractivity contribution in [3.8, 4) is 11.4 Å². The van der Waals surface area contributed by atoms with Gasteiger partial charge in [0.2, 0.25) is 17.6 Å². The molecule has 4 rings (SSSR count). The van der Waals surface area contributed by atoms with E-state index < -0.39 is 0 Å². The van der Waals surface area contributed by atoms with Crippen molar-refractivity contribution in [2.45, 2.75) is 57.5 Å². The van der Waals surface area contributed by atoms with Gasteiger partial charge >= 0.3 is 0 Å².